The van der Waals surface area contributed by atoms with E-state index in [4.69, 9.17) is 0 Å². The van der Waals surface area contributed by atoms with Crippen LogP contribution in [0.4, 0.5) is 15.8 Å². The van der Waals surface area contributed by atoms with Gasteiger partial charge in [-0.3, -0.25) is 4.79 Å². The molecular weight excluding hydrogens is 463 g/mol. The zero-order valence-electron chi connectivity index (χ0n) is 20.7. The summed E-state index contributed by atoms with van der Waals surface area (Å²) in [4.78, 5) is 22.5. The fraction of sp³-hybridized carbons (Fsp3) is 0.0968. The van der Waals surface area contributed by atoms with E-state index in [1.165, 1.54) is 0 Å². The number of aromatic amines is 1. The van der Waals surface area contributed by atoms with Crippen LogP contribution in [-0.4, -0.2) is 30.0 Å². The Morgan fingerprint density at radius 2 is 1.22 bits per heavy atom. The van der Waals surface area contributed by atoms with Gasteiger partial charge in [0.1, 0.15) is 0 Å². The lowest BCUT2D eigenvalue weighted by Gasteiger charge is -2.35. The third-order valence-electron chi connectivity index (χ3n) is 6.53. The van der Waals surface area contributed by atoms with E-state index in [-0.39, 0.29) is 5.69 Å². The Bertz CT molecular complexity index is 1380. The van der Waals surface area contributed by atoms with Gasteiger partial charge in [-0.2, -0.15) is 9.37 Å². The van der Waals surface area contributed by atoms with Crippen LogP contribution in [0.5, 0.6) is 0 Å². The molecule has 1 heterocycles. The average molecular weight is 491 g/mol. The van der Waals surface area contributed by atoms with E-state index in [9.17, 15) is 9.18 Å². The Balaban J connectivity index is 1.71. The Morgan fingerprint density at radius 1 is 0.757 bits per heavy atom. The summed E-state index contributed by atoms with van der Waals surface area (Å²) in [5, 5.41) is 2.90. The number of hydrogen-bond donors (Lipinski definition) is 2. The predicted octanol–water partition coefficient (Wildman–Crippen LogP) is 6.25. The highest BCUT2D eigenvalue weighted by atomic mass is 19.1. The summed E-state index contributed by atoms with van der Waals surface area (Å²) in [6.45, 7) is 0. The first-order valence-corrected chi connectivity index (χ1v) is 12.0. The van der Waals surface area contributed by atoms with Crippen molar-refractivity contribution < 1.29 is 9.18 Å². The lowest BCUT2D eigenvalue weighted by molar-refractivity contribution is 0.102. The second kappa shape index (κ2) is 10.1. The molecule has 0 saturated heterocycles. The molecule has 0 unspecified atom stereocenters. The molecule has 0 saturated carbocycles. The van der Waals surface area contributed by atoms with Crippen molar-refractivity contribution >= 4 is 17.3 Å². The van der Waals surface area contributed by atoms with Crippen molar-refractivity contribution in [2.24, 2.45) is 0 Å². The van der Waals surface area contributed by atoms with Crippen molar-refractivity contribution in [1.82, 2.24) is 9.97 Å². The van der Waals surface area contributed by atoms with Gasteiger partial charge in [0.2, 0.25) is 0 Å². The zero-order chi connectivity index (χ0) is 25.8. The van der Waals surface area contributed by atoms with Gasteiger partial charge in [-0.15, -0.1) is 0 Å². The van der Waals surface area contributed by atoms with Gasteiger partial charge in [0, 0.05) is 25.5 Å². The maximum atomic E-state index is 15.0. The molecule has 0 spiro atoms. The van der Waals surface area contributed by atoms with Crippen LogP contribution in [0.25, 0.3) is 0 Å². The van der Waals surface area contributed by atoms with E-state index in [0.29, 0.717) is 11.4 Å². The number of carbonyl (C=O) groups is 1. The molecule has 37 heavy (non-hydrogen) atoms. The summed E-state index contributed by atoms with van der Waals surface area (Å²) in [6.07, 6.45) is -0.824. The molecule has 6 heteroatoms. The second-order valence-electron chi connectivity index (χ2n) is 8.99. The van der Waals surface area contributed by atoms with Crippen molar-refractivity contribution in [1.29, 1.82) is 0 Å². The lowest BCUT2D eigenvalue weighted by atomic mass is 9.66. The fourth-order valence-corrected chi connectivity index (χ4v) is 4.81. The normalized spacial score (nSPS) is 11.2. The molecule has 184 valence electrons. The number of halogens is 1. The number of nitrogens with zero attached hydrogens (tertiary/aromatic N) is 2. The number of hydrogen-bond acceptors (Lipinski definition) is 3. The molecule has 5 nitrogen and oxygen atoms in total. The van der Waals surface area contributed by atoms with Crippen LogP contribution in [0.2, 0.25) is 0 Å². The van der Waals surface area contributed by atoms with E-state index in [1.54, 1.807) is 0 Å². The van der Waals surface area contributed by atoms with Crippen LogP contribution in [0, 0.1) is 6.08 Å². The molecule has 0 atom stereocenters. The van der Waals surface area contributed by atoms with Gasteiger partial charge < -0.3 is 15.2 Å². The summed E-state index contributed by atoms with van der Waals surface area (Å²) in [5.74, 6) is -0.500. The highest BCUT2D eigenvalue weighted by Gasteiger charge is 2.43. The molecule has 5 rings (SSSR count). The van der Waals surface area contributed by atoms with Crippen LogP contribution < -0.4 is 10.2 Å². The summed E-state index contributed by atoms with van der Waals surface area (Å²) in [5.41, 5.74) is 3.54. The Hall–Kier alpha value is -4.71. The molecule has 5 aromatic rings. The van der Waals surface area contributed by atoms with Crippen molar-refractivity contribution in [3.05, 3.63) is 149 Å². The maximum absolute atomic E-state index is 15.0. The van der Waals surface area contributed by atoms with Crippen LogP contribution >= 0.6 is 0 Å². The molecule has 0 bridgehead atoms. The smallest absolute Gasteiger partial charge is 0.287 e. The fourth-order valence-electron chi connectivity index (χ4n) is 4.81. The third-order valence-corrected chi connectivity index (χ3v) is 6.53. The molecular formula is C31H27FN4O. The summed E-state index contributed by atoms with van der Waals surface area (Å²) >= 11 is 0. The van der Waals surface area contributed by atoms with Crippen molar-refractivity contribution in [3.8, 4) is 0 Å². The monoisotopic (exact) mass is 490 g/mol. The highest BCUT2D eigenvalue weighted by Crippen LogP contribution is 2.45. The molecule has 0 fully saturated rings. The molecule has 2 N–H and O–H groups in total. The minimum atomic E-state index is -1.03. The summed E-state index contributed by atoms with van der Waals surface area (Å²) < 4.78 is 15.0. The first kappa shape index (κ1) is 24.0. The van der Waals surface area contributed by atoms with Gasteiger partial charge in [0.25, 0.3) is 12.0 Å². The minimum Gasteiger partial charge on any atom is -0.378 e. The van der Waals surface area contributed by atoms with Crippen molar-refractivity contribution in [3.63, 3.8) is 0 Å². The van der Waals surface area contributed by atoms with Gasteiger partial charge in [-0.25, -0.2) is 0 Å². The number of carbonyl (C=O) groups excluding carboxylic acids is 1. The molecule has 0 aliphatic carbocycles. The van der Waals surface area contributed by atoms with Crippen molar-refractivity contribution in [2.75, 3.05) is 24.3 Å². The number of amides is 1. The van der Waals surface area contributed by atoms with E-state index in [1.807, 2.05) is 134 Å². The Labute approximate surface area is 215 Å². The number of anilines is 2. The molecule has 1 aromatic heterocycles. The topological polar surface area (TPSA) is 61.0 Å². The van der Waals surface area contributed by atoms with E-state index >= 15 is 0 Å². The molecule has 0 aliphatic heterocycles. The first-order chi connectivity index (χ1) is 18.0. The minimum absolute atomic E-state index is 0.00857. The van der Waals surface area contributed by atoms with Crippen molar-refractivity contribution in [2.45, 2.75) is 5.41 Å². The zero-order valence-corrected chi connectivity index (χ0v) is 20.7. The maximum Gasteiger partial charge on any atom is 0.287 e. The Kier molecular flexibility index (Phi) is 6.56. The van der Waals surface area contributed by atoms with Gasteiger partial charge in [-0.05, 0) is 41.0 Å². The number of aromatic nitrogens is 2. The van der Waals surface area contributed by atoms with Gasteiger partial charge >= 0.3 is 0 Å². The summed E-state index contributed by atoms with van der Waals surface area (Å²) in [7, 11) is 3.89. The van der Waals surface area contributed by atoms with Gasteiger partial charge in [-0.1, -0.05) is 91.0 Å². The van der Waals surface area contributed by atoms with Gasteiger partial charge in [0.05, 0.1) is 11.1 Å². The standard InChI is InChI=1S/C31H27FN4O/c1-36(2)26-20-18-25(19-21-26)33-29(37)27-28(35-30(32)34-27)31(22-12-6-3-7-13-22,23-14-8-4-9-15-23)24-16-10-5-11-17-24/h3-21H,1-2H3,(H,33,37)(H,34,35). The van der Waals surface area contributed by atoms with E-state index < -0.39 is 17.4 Å². The molecule has 0 radical (unpaired) electrons. The van der Waals surface area contributed by atoms with Crippen LogP contribution in [-0.2, 0) is 5.41 Å². The Morgan fingerprint density at radius 3 is 1.65 bits per heavy atom. The molecule has 0 aliphatic rings. The quantitative estimate of drug-likeness (QED) is 0.265. The number of nitrogens with one attached hydrogen (secondary N) is 2. The van der Waals surface area contributed by atoms with Crippen LogP contribution in [0.3, 0.4) is 0 Å². The van der Waals surface area contributed by atoms with E-state index in [0.717, 1.165) is 22.4 Å². The van der Waals surface area contributed by atoms with E-state index in [2.05, 4.69) is 15.3 Å². The summed E-state index contributed by atoms with van der Waals surface area (Å²) in [6, 6.07) is 36.8. The predicted molar refractivity (Wildman–Crippen MR) is 146 cm³/mol. The van der Waals surface area contributed by atoms with Crippen LogP contribution in [0.1, 0.15) is 32.9 Å². The number of rotatable bonds is 7. The van der Waals surface area contributed by atoms with Crippen LogP contribution in [0.15, 0.2) is 115 Å². The lowest BCUT2D eigenvalue weighted by Crippen LogP contribution is -2.34. The highest BCUT2D eigenvalue weighted by molar-refractivity contribution is 6.04. The number of imidazole rings is 1. The molecule has 4 aromatic carbocycles. The number of benzene rings is 4. The average Bonchev–Trinajstić information content (AvgIpc) is 3.33. The molecule has 1 amide bonds. The van der Waals surface area contributed by atoms with Gasteiger partial charge in [0.15, 0.2) is 5.69 Å². The number of H-pyrrole nitrogens is 1. The second-order valence-corrected chi connectivity index (χ2v) is 8.99. The third kappa shape index (κ3) is 4.49. The SMILES string of the molecule is CN(C)c1ccc(NC(=O)c2nc(F)[nH]c2C(c2ccccc2)(c2ccccc2)c2ccccc2)cc1. The largest absolute Gasteiger partial charge is 0.378 e. The first-order valence-electron chi connectivity index (χ1n) is 12.0.